The Morgan fingerprint density at radius 2 is 1.68 bits per heavy atom. The SMILES string of the molecule is CSc1ccc(C(Cc2ccccc2)C(C)=O)cc1. The van der Waals surface area contributed by atoms with Crippen molar-refractivity contribution in [2.45, 2.75) is 24.2 Å². The lowest BCUT2D eigenvalue weighted by Crippen LogP contribution is -2.12. The van der Waals surface area contributed by atoms with E-state index < -0.39 is 0 Å². The van der Waals surface area contributed by atoms with Crippen molar-refractivity contribution in [2.24, 2.45) is 0 Å². The minimum atomic E-state index is -0.0432. The van der Waals surface area contributed by atoms with Crippen molar-refractivity contribution in [2.75, 3.05) is 6.26 Å². The zero-order valence-corrected chi connectivity index (χ0v) is 12.1. The lowest BCUT2D eigenvalue weighted by molar-refractivity contribution is -0.118. The third-order valence-electron chi connectivity index (χ3n) is 3.29. The minimum absolute atomic E-state index is 0.0432. The summed E-state index contributed by atoms with van der Waals surface area (Å²) >= 11 is 1.72. The van der Waals surface area contributed by atoms with Gasteiger partial charge in [0.15, 0.2) is 0 Å². The van der Waals surface area contributed by atoms with E-state index in [0.29, 0.717) is 0 Å². The molecule has 0 bridgehead atoms. The third kappa shape index (κ3) is 3.71. The predicted molar refractivity (Wildman–Crippen MR) is 81.8 cm³/mol. The lowest BCUT2D eigenvalue weighted by Gasteiger charge is -2.14. The van der Waals surface area contributed by atoms with Gasteiger partial charge in [-0.3, -0.25) is 4.79 Å². The van der Waals surface area contributed by atoms with Crippen LogP contribution in [-0.2, 0) is 11.2 Å². The van der Waals surface area contributed by atoms with Crippen molar-refractivity contribution >= 4 is 17.5 Å². The van der Waals surface area contributed by atoms with Crippen molar-refractivity contribution in [3.63, 3.8) is 0 Å². The molecule has 0 radical (unpaired) electrons. The van der Waals surface area contributed by atoms with Crippen LogP contribution in [0.15, 0.2) is 59.5 Å². The number of rotatable bonds is 5. The van der Waals surface area contributed by atoms with Crippen LogP contribution in [-0.4, -0.2) is 12.0 Å². The number of carbonyl (C=O) groups is 1. The lowest BCUT2D eigenvalue weighted by atomic mass is 9.89. The number of hydrogen-bond acceptors (Lipinski definition) is 2. The maximum absolute atomic E-state index is 11.9. The molecular weight excluding hydrogens is 252 g/mol. The van der Waals surface area contributed by atoms with Crippen LogP contribution in [0.2, 0.25) is 0 Å². The molecule has 0 aliphatic heterocycles. The summed E-state index contributed by atoms with van der Waals surface area (Å²) in [6.45, 7) is 1.68. The van der Waals surface area contributed by atoms with Crippen LogP contribution < -0.4 is 0 Å². The Bertz CT molecular complexity index is 531. The molecule has 19 heavy (non-hydrogen) atoms. The van der Waals surface area contributed by atoms with Gasteiger partial charge in [0.25, 0.3) is 0 Å². The fourth-order valence-electron chi connectivity index (χ4n) is 2.18. The summed E-state index contributed by atoms with van der Waals surface area (Å²) in [5.74, 6) is 0.180. The van der Waals surface area contributed by atoms with Crippen molar-refractivity contribution < 1.29 is 4.79 Å². The van der Waals surface area contributed by atoms with Gasteiger partial charge in [0.1, 0.15) is 5.78 Å². The molecule has 2 aromatic rings. The molecule has 2 rings (SSSR count). The van der Waals surface area contributed by atoms with E-state index in [9.17, 15) is 4.79 Å². The molecular formula is C17H18OS. The van der Waals surface area contributed by atoms with Crippen molar-refractivity contribution in [1.82, 2.24) is 0 Å². The van der Waals surface area contributed by atoms with Crippen LogP contribution >= 0.6 is 11.8 Å². The van der Waals surface area contributed by atoms with Gasteiger partial charge >= 0.3 is 0 Å². The molecule has 0 aliphatic carbocycles. The Labute approximate surface area is 119 Å². The summed E-state index contributed by atoms with van der Waals surface area (Å²) in [6.07, 6.45) is 2.83. The molecule has 0 aliphatic rings. The number of ketones is 1. The van der Waals surface area contributed by atoms with Gasteiger partial charge < -0.3 is 0 Å². The van der Waals surface area contributed by atoms with Gasteiger partial charge in [0.05, 0.1) is 0 Å². The fourth-order valence-corrected chi connectivity index (χ4v) is 2.59. The second-order valence-electron chi connectivity index (χ2n) is 4.63. The van der Waals surface area contributed by atoms with Crippen LogP contribution in [0, 0.1) is 0 Å². The Morgan fingerprint density at radius 1 is 1.05 bits per heavy atom. The summed E-state index contributed by atoms with van der Waals surface area (Å²) < 4.78 is 0. The first kappa shape index (κ1) is 13.9. The molecule has 0 N–H and O–H groups in total. The summed E-state index contributed by atoms with van der Waals surface area (Å²) in [6, 6.07) is 18.5. The summed E-state index contributed by atoms with van der Waals surface area (Å²) in [7, 11) is 0. The molecule has 0 saturated heterocycles. The van der Waals surface area contributed by atoms with Crippen molar-refractivity contribution in [3.05, 3.63) is 65.7 Å². The minimum Gasteiger partial charge on any atom is -0.299 e. The Balaban J connectivity index is 2.22. The smallest absolute Gasteiger partial charge is 0.137 e. The third-order valence-corrected chi connectivity index (χ3v) is 4.04. The van der Waals surface area contributed by atoms with Gasteiger partial charge in [0.2, 0.25) is 0 Å². The number of carbonyl (C=O) groups excluding carboxylic acids is 1. The second kappa shape index (κ2) is 6.58. The Hall–Kier alpha value is -1.54. The van der Waals surface area contributed by atoms with Crippen LogP contribution in [0.5, 0.6) is 0 Å². The maximum atomic E-state index is 11.9. The normalized spacial score (nSPS) is 12.1. The molecule has 1 nitrogen and oxygen atoms in total. The Kier molecular flexibility index (Phi) is 4.80. The average molecular weight is 270 g/mol. The molecule has 0 fully saturated rings. The van der Waals surface area contributed by atoms with Gasteiger partial charge in [0, 0.05) is 10.8 Å². The van der Waals surface area contributed by atoms with E-state index in [0.717, 1.165) is 12.0 Å². The first-order chi connectivity index (χ1) is 9.20. The first-order valence-corrected chi connectivity index (χ1v) is 7.61. The standard InChI is InChI=1S/C17H18OS/c1-13(18)17(12-14-6-4-3-5-7-14)15-8-10-16(19-2)11-9-15/h3-11,17H,12H2,1-2H3. The zero-order chi connectivity index (χ0) is 13.7. The van der Waals surface area contributed by atoms with Crippen molar-refractivity contribution in [1.29, 1.82) is 0 Å². The van der Waals surface area contributed by atoms with Gasteiger partial charge in [-0.2, -0.15) is 0 Å². The summed E-state index contributed by atoms with van der Waals surface area (Å²) in [4.78, 5) is 13.1. The topological polar surface area (TPSA) is 17.1 Å². The highest BCUT2D eigenvalue weighted by Crippen LogP contribution is 2.24. The molecule has 98 valence electrons. The number of hydrogen-bond donors (Lipinski definition) is 0. The summed E-state index contributed by atoms with van der Waals surface area (Å²) in [5, 5.41) is 0. The molecule has 1 unspecified atom stereocenters. The summed E-state index contributed by atoms with van der Waals surface area (Å²) in [5.41, 5.74) is 2.31. The van der Waals surface area contributed by atoms with Gasteiger partial charge in [-0.15, -0.1) is 11.8 Å². The monoisotopic (exact) mass is 270 g/mol. The second-order valence-corrected chi connectivity index (χ2v) is 5.51. The van der Waals surface area contributed by atoms with Crippen LogP contribution in [0.4, 0.5) is 0 Å². The van der Waals surface area contributed by atoms with E-state index in [1.165, 1.54) is 10.5 Å². The van der Waals surface area contributed by atoms with Crippen LogP contribution in [0.25, 0.3) is 0 Å². The zero-order valence-electron chi connectivity index (χ0n) is 11.3. The number of benzene rings is 2. The van der Waals surface area contributed by atoms with E-state index in [2.05, 4.69) is 42.7 Å². The number of thioether (sulfide) groups is 1. The van der Waals surface area contributed by atoms with Gasteiger partial charge in [-0.1, -0.05) is 42.5 Å². The molecule has 1 atom stereocenters. The molecule has 0 aromatic heterocycles. The molecule has 0 saturated carbocycles. The largest absolute Gasteiger partial charge is 0.299 e. The molecule has 0 spiro atoms. The molecule has 0 heterocycles. The van der Waals surface area contributed by atoms with E-state index in [-0.39, 0.29) is 11.7 Å². The maximum Gasteiger partial charge on any atom is 0.137 e. The highest BCUT2D eigenvalue weighted by Gasteiger charge is 2.17. The highest BCUT2D eigenvalue weighted by molar-refractivity contribution is 7.98. The fraction of sp³-hybridized carbons (Fsp3) is 0.235. The highest BCUT2D eigenvalue weighted by atomic mass is 32.2. The van der Waals surface area contributed by atoms with E-state index >= 15 is 0 Å². The molecule has 2 heteroatoms. The van der Waals surface area contributed by atoms with E-state index in [1.807, 2.05) is 18.2 Å². The van der Waals surface area contributed by atoms with Crippen molar-refractivity contribution in [3.8, 4) is 0 Å². The van der Waals surface area contributed by atoms with Gasteiger partial charge in [-0.05, 0) is 42.9 Å². The molecule has 0 amide bonds. The first-order valence-electron chi connectivity index (χ1n) is 6.39. The van der Waals surface area contributed by atoms with Crippen LogP contribution in [0.1, 0.15) is 24.0 Å². The van der Waals surface area contributed by atoms with E-state index in [1.54, 1.807) is 18.7 Å². The average Bonchev–Trinajstić information content (AvgIpc) is 2.46. The Morgan fingerprint density at radius 3 is 2.21 bits per heavy atom. The number of Topliss-reactive ketones (excluding diaryl/α,β-unsaturated/α-hetero) is 1. The van der Waals surface area contributed by atoms with Crippen LogP contribution in [0.3, 0.4) is 0 Å². The molecule has 2 aromatic carbocycles. The quantitative estimate of drug-likeness (QED) is 0.752. The van der Waals surface area contributed by atoms with E-state index in [4.69, 9.17) is 0 Å². The predicted octanol–water partition coefficient (Wildman–Crippen LogP) is 4.32. The van der Waals surface area contributed by atoms with Gasteiger partial charge in [-0.25, -0.2) is 0 Å².